The van der Waals surface area contributed by atoms with Crippen molar-refractivity contribution in [2.45, 2.75) is 77.5 Å². The number of methoxy groups -OCH3 is 2. The molecule has 56 heavy (non-hydrogen) atoms. The maximum absolute atomic E-state index is 13.6. The summed E-state index contributed by atoms with van der Waals surface area (Å²) in [7, 11) is 2.57. The number of alkyl carbamates (subject to hydrolysis) is 2. The van der Waals surface area contributed by atoms with E-state index in [0.29, 0.717) is 24.7 Å². The minimum Gasteiger partial charge on any atom is -0.453 e. The van der Waals surface area contributed by atoms with Gasteiger partial charge in [-0.2, -0.15) is 0 Å². The summed E-state index contributed by atoms with van der Waals surface area (Å²) in [6.45, 7) is 8.75. The number of aromatic amines is 2. The molecule has 4 atom stereocenters. The van der Waals surface area contributed by atoms with Crippen molar-refractivity contribution in [2.24, 2.45) is 11.8 Å². The first-order chi connectivity index (χ1) is 26.9. The van der Waals surface area contributed by atoms with Crippen molar-refractivity contribution >= 4 is 45.8 Å². The van der Waals surface area contributed by atoms with Crippen molar-refractivity contribution in [3.63, 3.8) is 0 Å². The minimum atomic E-state index is -0.700. The van der Waals surface area contributed by atoms with Crippen molar-refractivity contribution in [3.8, 4) is 22.5 Å². The molecule has 0 saturated carbocycles. The Morgan fingerprint density at radius 3 is 1.68 bits per heavy atom. The van der Waals surface area contributed by atoms with E-state index >= 15 is 0 Å². The summed E-state index contributed by atoms with van der Waals surface area (Å²) in [5.74, 6) is 0.883. The van der Waals surface area contributed by atoms with Gasteiger partial charge < -0.3 is 39.9 Å². The van der Waals surface area contributed by atoms with Gasteiger partial charge >= 0.3 is 12.2 Å². The number of carbonyl (C=O) groups is 4. The lowest BCUT2D eigenvalue weighted by atomic mass is 10.0. The SMILES string of the molecule is COC(=O)N[C@H](C(=O)N1CCC[C@H]1c1ncc(-c2ccc3nc4cc(-c5cnc([C@@H]6CCCN6C(=O)[C@@H](NC(=O)OC)C(C)C)[nH]5)ccc4cc3c2)[nH]1)C(C)C. The smallest absolute Gasteiger partial charge is 0.407 e. The predicted molar refractivity (Wildman–Crippen MR) is 210 cm³/mol. The largest absolute Gasteiger partial charge is 0.453 e. The quantitative estimate of drug-likeness (QED) is 0.119. The van der Waals surface area contributed by atoms with Crippen LogP contribution >= 0.6 is 0 Å². The highest BCUT2D eigenvalue weighted by Gasteiger charge is 2.39. The van der Waals surface area contributed by atoms with Crippen LogP contribution in [0.15, 0.2) is 54.9 Å². The van der Waals surface area contributed by atoms with Crippen LogP contribution in [0.4, 0.5) is 9.59 Å². The number of fused-ring (bicyclic) bond motifs is 2. The van der Waals surface area contributed by atoms with Crippen LogP contribution < -0.4 is 10.6 Å². The van der Waals surface area contributed by atoms with Crippen molar-refractivity contribution in [2.75, 3.05) is 27.3 Å². The lowest BCUT2D eigenvalue weighted by Gasteiger charge is -2.30. The number of hydrogen-bond donors (Lipinski definition) is 4. The van der Waals surface area contributed by atoms with Gasteiger partial charge in [-0.05, 0) is 61.8 Å². The van der Waals surface area contributed by atoms with Crippen LogP contribution in [0.25, 0.3) is 44.3 Å². The Hall–Kier alpha value is -5.99. The number of nitrogens with one attached hydrogen (secondary N) is 4. The number of aromatic nitrogens is 5. The molecular weight excluding hydrogens is 715 g/mol. The normalized spacial score (nSPS) is 18.1. The predicted octanol–water partition coefficient (Wildman–Crippen LogP) is 6.26. The molecule has 0 spiro atoms. The summed E-state index contributed by atoms with van der Waals surface area (Å²) in [5.41, 5.74) is 5.21. The van der Waals surface area contributed by atoms with Crippen LogP contribution in [-0.2, 0) is 19.1 Å². The van der Waals surface area contributed by atoms with Crippen molar-refractivity contribution in [1.82, 2.24) is 45.4 Å². The van der Waals surface area contributed by atoms with Gasteiger partial charge in [0.25, 0.3) is 0 Å². The van der Waals surface area contributed by atoms with E-state index in [1.54, 1.807) is 22.2 Å². The van der Waals surface area contributed by atoms with Gasteiger partial charge in [0.1, 0.15) is 23.7 Å². The Morgan fingerprint density at radius 2 is 1.18 bits per heavy atom. The molecule has 2 aliphatic rings. The second-order valence-corrected chi connectivity index (χ2v) is 15.3. The number of imidazole rings is 2. The molecule has 2 aromatic carbocycles. The zero-order valence-corrected chi connectivity index (χ0v) is 32.6. The first-order valence-electron chi connectivity index (χ1n) is 19.2. The molecule has 2 saturated heterocycles. The molecule has 7 rings (SSSR count). The second kappa shape index (κ2) is 16.0. The summed E-state index contributed by atoms with van der Waals surface area (Å²) >= 11 is 0. The van der Waals surface area contributed by atoms with Crippen LogP contribution in [0, 0.1) is 11.8 Å². The average Bonchev–Trinajstić information content (AvgIpc) is 4.03. The number of carbonyl (C=O) groups excluding carboxylic acids is 4. The van der Waals surface area contributed by atoms with Crippen LogP contribution in [0.3, 0.4) is 0 Å². The molecule has 15 nitrogen and oxygen atoms in total. The number of rotatable bonds is 10. The summed E-state index contributed by atoms with van der Waals surface area (Å²) < 4.78 is 9.53. The number of nitrogens with zero attached hydrogens (tertiary/aromatic N) is 5. The van der Waals surface area contributed by atoms with Crippen molar-refractivity contribution < 1.29 is 28.7 Å². The van der Waals surface area contributed by atoms with Gasteiger partial charge in [0.05, 0.1) is 61.1 Å². The van der Waals surface area contributed by atoms with Gasteiger partial charge in [-0.3, -0.25) is 9.59 Å². The fraction of sp³-hybridized carbons (Fsp3) is 0.439. The molecule has 2 aliphatic heterocycles. The maximum Gasteiger partial charge on any atom is 0.407 e. The number of amides is 4. The molecule has 5 heterocycles. The molecule has 5 aromatic rings. The van der Waals surface area contributed by atoms with E-state index in [1.165, 1.54) is 14.2 Å². The molecule has 4 N–H and O–H groups in total. The molecule has 0 unspecified atom stereocenters. The Kier molecular flexibility index (Phi) is 10.9. The number of benzene rings is 2. The molecule has 15 heteroatoms. The summed E-state index contributed by atoms with van der Waals surface area (Å²) in [4.78, 5) is 76.0. The number of hydrogen-bond acceptors (Lipinski definition) is 9. The Bertz CT molecular complexity index is 2110. The highest BCUT2D eigenvalue weighted by atomic mass is 16.5. The van der Waals surface area contributed by atoms with E-state index in [4.69, 9.17) is 24.4 Å². The standard InChI is InChI=1S/C41H49N9O6/c1-22(2)34(47-40(53)55-5)38(51)49-15-7-9-32(49)36-42-20-30(45-36)25-13-14-28-27(18-25)17-24-11-12-26(19-29(24)44-28)31-21-43-37(46-31)33-10-8-16-50(33)39(52)35(23(3)4)48-41(54)56-6/h11-14,17-23,32-35H,7-10,15-16H2,1-6H3,(H,42,45)(H,43,46)(H,47,53)(H,48,54)/t32-,33-,34-,35-/m0/s1. The van der Waals surface area contributed by atoms with Gasteiger partial charge in [0, 0.05) is 35.0 Å². The monoisotopic (exact) mass is 763 g/mol. The first-order valence-corrected chi connectivity index (χ1v) is 19.2. The van der Waals surface area contributed by atoms with E-state index in [0.717, 1.165) is 70.0 Å². The molecule has 0 aliphatic carbocycles. The first kappa shape index (κ1) is 38.3. The van der Waals surface area contributed by atoms with Gasteiger partial charge in [-0.1, -0.05) is 45.9 Å². The Morgan fingerprint density at radius 1 is 0.679 bits per heavy atom. The number of pyridine rings is 1. The van der Waals surface area contributed by atoms with E-state index in [2.05, 4.69) is 32.7 Å². The van der Waals surface area contributed by atoms with Gasteiger partial charge in [0.15, 0.2) is 0 Å². The molecular formula is C41H49N9O6. The zero-order chi connectivity index (χ0) is 39.7. The van der Waals surface area contributed by atoms with Gasteiger partial charge in [-0.15, -0.1) is 0 Å². The van der Waals surface area contributed by atoms with Crippen LogP contribution in [0.5, 0.6) is 0 Å². The molecule has 294 valence electrons. The lowest BCUT2D eigenvalue weighted by molar-refractivity contribution is -0.136. The van der Waals surface area contributed by atoms with Gasteiger partial charge in [-0.25, -0.2) is 24.5 Å². The summed E-state index contributed by atoms with van der Waals surface area (Å²) in [6, 6.07) is 12.5. The van der Waals surface area contributed by atoms with E-state index in [-0.39, 0.29) is 35.7 Å². The number of ether oxygens (including phenoxy) is 2. The van der Waals surface area contributed by atoms with E-state index in [1.807, 2.05) is 58.0 Å². The number of likely N-dealkylation sites (tertiary alicyclic amines) is 2. The summed E-state index contributed by atoms with van der Waals surface area (Å²) in [5, 5.41) is 7.35. The molecule has 0 radical (unpaired) electrons. The molecule has 3 aromatic heterocycles. The van der Waals surface area contributed by atoms with Crippen molar-refractivity contribution in [3.05, 3.63) is 66.5 Å². The number of H-pyrrole nitrogens is 2. The topological polar surface area (TPSA) is 188 Å². The van der Waals surface area contributed by atoms with Gasteiger partial charge in [0.2, 0.25) is 11.8 Å². The molecule has 0 bridgehead atoms. The van der Waals surface area contributed by atoms with E-state index < -0.39 is 24.3 Å². The zero-order valence-electron chi connectivity index (χ0n) is 32.6. The third-order valence-electron chi connectivity index (χ3n) is 10.9. The third kappa shape index (κ3) is 7.62. The highest BCUT2D eigenvalue weighted by Crippen LogP contribution is 2.35. The third-order valence-corrected chi connectivity index (χ3v) is 10.9. The van der Waals surface area contributed by atoms with Crippen LogP contribution in [0.1, 0.15) is 77.1 Å². The average molecular weight is 764 g/mol. The fourth-order valence-corrected chi connectivity index (χ4v) is 7.86. The minimum absolute atomic E-state index is 0.114. The van der Waals surface area contributed by atoms with Crippen LogP contribution in [-0.4, -0.2) is 98.1 Å². The molecule has 2 fully saturated rings. The Labute approximate surface area is 324 Å². The Balaban J connectivity index is 1.08. The highest BCUT2D eigenvalue weighted by molar-refractivity contribution is 5.96. The van der Waals surface area contributed by atoms with Crippen LogP contribution in [0.2, 0.25) is 0 Å². The maximum atomic E-state index is 13.6. The van der Waals surface area contributed by atoms with E-state index in [9.17, 15) is 19.2 Å². The second-order valence-electron chi connectivity index (χ2n) is 15.3. The molecule has 4 amide bonds. The fourth-order valence-electron chi connectivity index (χ4n) is 7.86. The summed E-state index contributed by atoms with van der Waals surface area (Å²) in [6.07, 6.45) is 5.54. The van der Waals surface area contributed by atoms with Crippen molar-refractivity contribution in [1.29, 1.82) is 0 Å². The lowest BCUT2D eigenvalue weighted by Crippen LogP contribution is -2.51.